The summed E-state index contributed by atoms with van der Waals surface area (Å²) in [5, 5.41) is 6.74. The molecule has 0 fully saturated rings. The van der Waals surface area contributed by atoms with E-state index >= 15 is 0 Å². The van der Waals surface area contributed by atoms with Gasteiger partial charge >= 0.3 is 6.18 Å². The quantitative estimate of drug-likeness (QED) is 0.816. The molecule has 0 saturated carbocycles. The molecule has 0 spiro atoms. The fourth-order valence-corrected chi connectivity index (χ4v) is 3.12. The molecule has 1 aliphatic heterocycles. The summed E-state index contributed by atoms with van der Waals surface area (Å²) in [6.07, 6.45) is -4.64. The highest BCUT2D eigenvalue weighted by molar-refractivity contribution is 8.05. The molecule has 0 saturated heterocycles. The van der Waals surface area contributed by atoms with E-state index in [4.69, 9.17) is 4.84 Å². The van der Waals surface area contributed by atoms with Crippen LogP contribution in [0.15, 0.2) is 5.16 Å². The summed E-state index contributed by atoms with van der Waals surface area (Å²) in [7, 11) is -2.87. The minimum Gasteiger partial charge on any atom is -0.389 e. The van der Waals surface area contributed by atoms with Crippen molar-refractivity contribution < 1.29 is 26.4 Å². The summed E-state index contributed by atoms with van der Waals surface area (Å²) in [5.74, 6) is -2.44. The Bertz CT molecular complexity index is 691. The molecule has 2 rings (SSSR count). The van der Waals surface area contributed by atoms with Gasteiger partial charge in [0.05, 0.1) is 0 Å². The molecule has 0 N–H and O–H groups in total. The number of sulfone groups is 1. The van der Waals surface area contributed by atoms with E-state index in [1.165, 1.54) is 0 Å². The van der Waals surface area contributed by atoms with E-state index in [0.29, 0.717) is 4.68 Å². The molecule has 0 aliphatic carbocycles. The van der Waals surface area contributed by atoms with Crippen molar-refractivity contribution in [2.45, 2.75) is 37.8 Å². The lowest BCUT2D eigenvalue weighted by molar-refractivity contribution is -0.147. The first kappa shape index (κ1) is 15.7. The fraction of sp³-hybridized carbons (Fsp3) is 0.700. The van der Waals surface area contributed by atoms with Gasteiger partial charge < -0.3 is 4.84 Å². The molecule has 1 aromatic rings. The Labute approximate surface area is 118 Å². The largest absolute Gasteiger partial charge is 0.451 e. The average molecular weight is 326 g/mol. The van der Waals surface area contributed by atoms with Crippen LogP contribution in [0.5, 0.6) is 0 Å². The maximum absolute atomic E-state index is 12.6. The molecule has 2 heterocycles. The van der Waals surface area contributed by atoms with Crippen molar-refractivity contribution in [2.24, 2.45) is 12.2 Å². The summed E-state index contributed by atoms with van der Waals surface area (Å²) >= 11 is 0. The normalized spacial score (nSPS) is 18.5. The van der Waals surface area contributed by atoms with Crippen LogP contribution in [0, 0.1) is 0 Å². The molecule has 0 bridgehead atoms. The van der Waals surface area contributed by atoms with Crippen LogP contribution in [0.3, 0.4) is 0 Å². The molecule has 21 heavy (non-hydrogen) atoms. The summed E-state index contributed by atoms with van der Waals surface area (Å²) in [5.41, 5.74) is -0.753. The summed E-state index contributed by atoms with van der Waals surface area (Å²) in [6.45, 7) is 3.31. The van der Waals surface area contributed by atoms with Crippen LogP contribution in [0.1, 0.15) is 31.9 Å². The molecular formula is C10H13F3N4O3S. The number of oxime groups is 1. The SMILES string of the molecule is Cn1nc(CS(=O)(=O)C2=NOC(C)(C)C2)nc1C(F)(F)F. The molecule has 0 amide bonds. The number of hydrogen-bond acceptors (Lipinski definition) is 6. The molecule has 7 nitrogen and oxygen atoms in total. The molecule has 1 aliphatic rings. The standard InChI is InChI=1S/C10H13F3N4O3S/c1-9(2)4-7(16-20-9)21(18,19)5-6-14-8(10(11,12)13)17(3)15-6/h4-5H2,1-3H3. The van der Waals surface area contributed by atoms with E-state index in [-0.39, 0.29) is 11.5 Å². The van der Waals surface area contributed by atoms with Gasteiger partial charge in [0.1, 0.15) is 11.4 Å². The Morgan fingerprint density at radius 1 is 1.38 bits per heavy atom. The van der Waals surface area contributed by atoms with Gasteiger partial charge in [-0.3, -0.25) is 0 Å². The van der Waals surface area contributed by atoms with Crippen molar-refractivity contribution >= 4 is 14.9 Å². The van der Waals surface area contributed by atoms with Crippen molar-refractivity contribution in [1.29, 1.82) is 0 Å². The van der Waals surface area contributed by atoms with E-state index in [0.717, 1.165) is 7.05 Å². The Kier molecular flexibility index (Phi) is 3.51. The Morgan fingerprint density at radius 3 is 2.43 bits per heavy atom. The zero-order valence-electron chi connectivity index (χ0n) is 11.5. The Balaban J connectivity index is 2.23. The van der Waals surface area contributed by atoms with Gasteiger partial charge in [0.25, 0.3) is 0 Å². The number of rotatable bonds is 2. The topological polar surface area (TPSA) is 86.4 Å². The minimum absolute atomic E-state index is 0.0499. The van der Waals surface area contributed by atoms with Crippen LogP contribution >= 0.6 is 0 Å². The zero-order valence-corrected chi connectivity index (χ0v) is 12.3. The van der Waals surface area contributed by atoms with E-state index < -0.39 is 39.0 Å². The summed E-state index contributed by atoms with van der Waals surface area (Å²) < 4.78 is 62.4. The fourth-order valence-electron chi connectivity index (χ4n) is 1.77. The average Bonchev–Trinajstić information content (AvgIpc) is 2.80. The summed E-state index contributed by atoms with van der Waals surface area (Å²) in [4.78, 5) is 8.17. The third-order valence-corrected chi connectivity index (χ3v) is 4.29. The van der Waals surface area contributed by atoms with Crippen LogP contribution in [-0.4, -0.2) is 33.8 Å². The van der Waals surface area contributed by atoms with Gasteiger partial charge in [-0.2, -0.15) is 18.3 Å². The second-order valence-corrected chi connectivity index (χ2v) is 7.23. The first-order valence-corrected chi connectivity index (χ1v) is 7.51. The van der Waals surface area contributed by atoms with Gasteiger partial charge in [0.15, 0.2) is 10.9 Å². The predicted octanol–water partition coefficient (Wildman–Crippen LogP) is 1.26. The minimum atomic E-state index is -4.69. The number of nitrogens with zero attached hydrogens (tertiary/aromatic N) is 4. The van der Waals surface area contributed by atoms with Gasteiger partial charge in [-0.05, 0) is 13.8 Å². The van der Waals surface area contributed by atoms with Gasteiger partial charge in [0, 0.05) is 13.5 Å². The van der Waals surface area contributed by atoms with Crippen molar-refractivity contribution in [3.05, 3.63) is 11.6 Å². The predicted molar refractivity (Wildman–Crippen MR) is 65.8 cm³/mol. The van der Waals surface area contributed by atoms with Gasteiger partial charge in [-0.1, -0.05) is 5.16 Å². The van der Waals surface area contributed by atoms with E-state index in [1.54, 1.807) is 13.8 Å². The second kappa shape index (κ2) is 4.68. The second-order valence-electron chi connectivity index (χ2n) is 5.24. The highest BCUT2D eigenvalue weighted by atomic mass is 32.2. The van der Waals surface area contributed by atoms with Crippen molar-refractivity contribution in [1.82, 2.24) is 14.8 Å². The van der Waals surface area contributed by atoms with Crippen LogP contribution in [0.25, 0.3) is 0 Å². The third kappa shape index (κ3) is 3.34. The number of alkyl halides is 3. The first-order valence-electron chi connectivity index (χ1n) is 5.86. The third-order valence-electron chi connectivity index (χ3n) is 2.71. The van der Waals surface area contributed by atoms with Gasteiger partial charge in [0.2, 0.25) is 15.7 Å². The summed E-state index contributed by atoms with van der Waals surface area (Å²) in [6, 6.07) is 0. The molecular weight excluding hydrogens is 313 g/mol. The molecule has 0 radical (unpaired) electrons. The molecule has 1 aromatic heterocycles. The van der Waals surface area contributed by atoms with Gasteiger partial charge in [-0.15, -0.1) is 0 Å². The van der Waals surface area contributed by atoms with Crippen molar-refractivity contribution in [2.75, 3.05) is 0 Å². The number of aromatic nitrogens is 3. The first-order chi connectivity index (χ1) is 9.41. The lowest BCUT2D eigenvalue weighted by atomic mass is 10.1. The molecule has 118 valence electrons. The molecule has 0 unspecified atom stereocenters. The van der Waals surface area contributed by atoms with Crippen LogP contribution in [0.2, 0.25) is 0 Å². The van der Waals surface area contributed by atoms with Crippen LogP contribution < -0.4 is 0 Å². The van der Waals surface area contributed by atoms with Crippen LogP contribution in [0.4, 0.5) is 13.2 Å². The van der Waals surface area contributed by atoms with Crippen molar-refractivity contribution in [3.63, 3.8) is 0 Å². The molecule has 0 aromatic carbocycles. The smallest absolute Gasteiger partial charge is 0.389 e. The van der Waals surface area contributed by atoms with Crippen molar-refractivity contribution in [3.8, 4) is 0 Å². The van der Waals surface area contributed by atoms with Crippen LogP contribution in [-0.2, 0) is 33.7 Å². The maximum atomic E-state index is 12.6. The Hall–Kier alpha value is -1.65. The number of hydrogen-bond donors (Lipinski definition) is 0. The highest BCUT2D eigenvalue weighted by Gasteiger charge is 2.39. The van der Waals surface area contributed by atoms with E-state index in [2.05, 4.69) is 15.2 Å². The lowest BCUT2D eigenvalue weighted by Crippen LogP contribution is -2.23. The van der Waals surface area contributed by atoms with Gasteiger partial charge in [-0.25, -0.2) is 18.1 Å². The van der Waals surface area contributed by atoms with E-state index in [1.807, 2.05) is 0 Å². The van der Waals surface area contributed by atoms with E-state index in [9.17, 15) is 21.6 Å². The zero-order chi connectivity index (χ0) is 16.1. The lowest BCUT2D eigenvalue weighted by Gasteiger charge is -2.12. The monoisotopic (exact) mass is 326 g/mol. The molecule has 11 heteroatoms. The Morgan fingerprint density at radius 2 is 2.00 bits per heavy atom. The number of aryl methyl sites for hydroxylation is 1. The maximum Gasteiger partial charge on any atom is 0.451 e. The highest BCUT2D eigenvalue weighted by Crippen LogP contribution is 2.28. The number of halogens is 3. The molecule has 0 atom stereocenters.